The molecule has 3 amide bonds. The third kappa shape index (κ3) is 4.46. The Morgan fingerprint density at radius 2 is 1.91 bits per heavy atom. The van der Waals surface area contributed by atoms with Gasteiger partial charge in [0.2, 0.25) is 15.9 Å². The Labute approximate surface area is 193 Å². The van der Waals surface area contributed by atoms with Crippen molar-refractivity contribution in [3.63, 3.8) is 0 Å². The molecule has 1 spiro atoms. The van der Waals surface area contributed by atoms with Crippen molar-refractivity contribution in [1.29, 1.82) is 0 Å². The molecule has 4 aliphatic heterocycles. The van der Waals surface area contributed by atoms with E-state index >= 15 is 0 Å². The van der Waals surface area contributed by atoms with Gasteiger partial charge in [-0.25, -0.2) is 18.4 Å². The van der Waals surface area contributed by atoms with E-state index < -0.39 is 10.0 Å². The van der Waals surface area contributed by atoms with Crippen LogP contribution in [0.4, 0.5) is 4.79 Å². The molecule has 2 unspecified atom stereocenters. The number of nitrogens with zero attached hydrogens (tertiary/aromatic N) is 2. The van der Waals surface area contributed by atoms with Crippen molar-refractivity contribution in [1.82, 2.24) is 15.1 Å². The summed E-state index contributed by atoms with van der Waals surface area (Å²) >= 11 is 0. The highest BCUT2D eigenvalue weighted by molar-refractivity contribution is 7.89. The van der Waals surface area contributed by atoms with Gasteiger partial charge < -0.3 is 24.6 Å². The normalized spacial score (nSPS) is 29.6. The molecule has 0 aliphatic carbocycles. The van der Waals surface area contributed by atoms with Crippen molar-refractivity contribution >= 4 is 22.0 Å². The molecule has 180 valence electrons. The van der Waals surface area contributed by atoms with Crippen molar-refractivity contribution in [2.24, 2.45) is 5.14 Å². The lowest BCUT2D eigenvalue weighted by Gasteiger charge is -2.44. The molecule has 4 saturated heterocycles. The first kappa shape index (κ1) is 22.6. The average molecular weight is 479 g/mol. The molecule has 0 bridgehead atoms. The zero-order valence-electron chi connectivity index (χ0n) is 18.4. The van der Waals surface area contributed by atoms with Crippen LogP contribution in [0.3, 0.4) is 0 Å². The molecule has 4 heterocycles. The third-order valence-electron chi connectivity index (χ3n) is 7.41. The van der Waals surface area contributed by atoms with E-state index in [-0.39, 0.29) is 47.1 Å². The topological polar surface area (TPSA) is 131 Å². The standard InChI is InChI=1S/C22H30N4O6S/c23-33(29,30)19-4-2-1-3-16(19)15-11-22(32-13-15)6-9-25(10-7-22)21(28)26-8-5-18-17(12-26)24-20(27)14-31-18/h1-4,15,17-18H,5-14H2,(H,24,27)(H2,23,29,30)/t15-,17?,18?/m0/s1. The van der Waals surface area contributed by atoms with Gasteiger partial charge in [0.15, 0.2) is 0 Å². The van der Waals surface area contributed by atoms with Crippen LogP contribution in [0, 0.1) is 0 Å². The number of fused-ring (bicyclic) bond motifs is 1. The maximum atomic E-state index is 13.1. The number of urea groups is 1. The zero-order chi connectivity index (χ0) is 23.2. The molecule has 0 radical (unpaired) electrons. The summed E-state index contributed by atoms with van der Waals surface area (Å²) < 4.78 is 35.8. The first-order chi connectivity index (χ1) is 15.7. The molecule has 0 saturated carbocycles. The fourth-order valence-corrected chi connectivity index (χ4v) is 6.48. The number of piperidine rings is 2. The Balaban J connectivity index is 1.20. The second kappa shape index (κ2) is 8.53. The highest BCUT2D eigenvalue weighted by Crippen LogP contribution is 2.44. The number of ether oxygens (including phenoxy) is 2. The second-order valence-corrected chi connectivity index (χ2v) is 11.0. The predicted octanol–water partition coefficient (Wildman–Crippen LogP) is 0.382. The monoisotopic (exact) mass is 478 g/mol. The van der Waals surface area contributed by atoms with E-state index in [0.717, 1.165) is 0 Å². The molecule has 3 atom stereocenters. The number of benzene rings is 1. The van der Waals surface area contributed by atoms with E-state index in [4.69, 9.17) is 14.6 Å². The fourth-order valence-electron chi connectivity index (χ4n) is 5.65. The highest BCUT2D eigenvalue weighted by atomic mass is 32.2. The number of nitrogens with one attached hydrogen (secondary N) is 1. The lowest BCUT2D eigenvalue weighted by Crippen LogP contribution is -2.63. The van der Waals surface area contributed by atoms with E-state index in [1.807, 2.05) is 17.0 Å². The van der Waals surface area contributed by atoms with Gasteiger partial charge in [-0.1, -0.05) is 18.2 Å². The van der Waals surface area contributed by atoms with Gasteiger partial charge in [-0.15, -0.1) is 0 Å². The second-order valence-electron chi connectivity index (χ2n) is 9.51. The molecule has 11 heteroatoms. The first-order valence-electron chi connectivity index (χ1n) is 11.4. The van der Waals surface area contributed by atoms with Gasteiger partial charge in [0.25, 0.3) is 0 Å². The smallest absolute Gasteiger partial charge is 0.320 e. The Bertz CT molecular complexity index is 1040. The summed E-state index contributed by atoms with van der Waals surface area (Å²) in [5.41, 5.74) is 0.348. The van der Waals surface area contributed by atoms with Gasteiger partial charge in [0.1, 0.15) is 6.61 Å². The number of likely N-dealkylation sites (tertiary alicyclic amines) is 2. The highest BCUT2D eigenvalue weighted by Gasteiger charge is 2.45. The van der Waals surface area contributed by atoms with E-state index in [1.54, 1.807) is 17.0 Å². The minimum Gasteiger partial charge on any atom is -0.374 e. The van der Waals surface area contributed by atoms with Gasteiger partial charge in [-0.3, -0.25) is 4.79 Å². The zero-order valence-corrected chi connectivity index (χ0v) is 19.3. The van der Waals surface area contributed by atoms with Gasteiger partial charge in [-0.05, 0) is 37.3 Å². The maximum Gasteiger partial charge on any atom is 0.320 e. The third-order valence-corrected chi connectivity index (χ3v) is 8.40. The van der Waals surface area contributed by atoms with Crippen LogP contribution in [-0.4, -0.2) is 87.3 Å². The van der Waals surface area contributed by atoms with Crippen molar-refractivity contribution in [2.75, 3.05) is 39.4 Å². The number of carbonyl (C=O) groups excluding carboxylic acids is 2. The van der Waals surface area contributed by atoms with Crippen LogP contribution in [0.1, 0.15) is 37.2 Å². The first-order valence-corrected chi connectivity index (χ1v) is 13.0. The van der Waals surface area contributed by atoms with Crippen molar-refractivity contribution in [2.45, 2.75) is 54.2 Å². The van der Waals surface area contributed by atoms with Gasteiger partial charge in [0.05, 0.1) is 29.2 Å². The summed E-state index contributed by atoms with van der Waals surface area (Å²) in [6.45, 7) is 2.76. The summed E-state index contributed by atoms with van der Waals surface area (Å²) in [6, 6.07) is 6.67. The maximum absolute atomic E-state index is 13.1. The molecule has 4 aliphatic rings. The molecule has 1 aromatic rings. The molecule has 3 N–H and O–H groups in total. The number of carbonyl (C=O) groups is 2. The Hall–Kier alpha value is -2.21. The SMILES string of the molecule is NS(=O)(=O)c1ccccc1[C@@H]1COC2(CCN(C(=O)N3CCC4OCC(=O)NC4C3)CC2)C1. The molecular weight excluding hydrogens is 448 g/mol. The number of nitrogens with two attached hydrogens (primary N) is 1. The van der Waals surface area contributed by atoms with Crippen LogP contribution >= 0.6 is 0 Å². The van der Waals surface area contributed by atoms with Crippen LogP contribution in [-0.2, 0) is 24.3 Å². The van der Waals surface area contributed by atoms with E-state index in [1.165, 1.54) is 0 Å². The largest absolute Gasteiger partial charge is 0.374 e. The van der Waals surface area contributed by atoms with Crippen LogP contribution < -0.4 is 10.5 Å². The number of sulfonamides is 1. The number of rotatable bonds is 2. The molecule has 4 fully saturated rings. The average Bonchev–Trinajstić information content (AvgIpc) is 3.21. The number of hydrogen-bond donors (Lipinski definition) is 2. The van der Waals surface area contributed by atoms with Crippen molar-refractivity contribution in [3.05, 3.63) is 29.8 Å². The minimum atomic E-state index is -3.81. The fraction of sp³-hybridized carbons (Fsp3) is 0.636. The van der Waals surface area contributed by atoms with Gasteiger partial charge in [0, 0.05) is 32.1 Å². The molecule has 5 rings (SSSR count). The Morgan fingerprint density at radius 3 is 2.67 bits per heavy atom. The van der Waals surface area contributed by atoms with Crippen molar-refractivity contribution in [3.8, 4) is 0 Å². The summed E-state index contributed by atoms with van der Waals surface area (Å²) in [5, 5.41) is 8.35. The van der Waals surface area contributed by atoms with E-state index in [0.29, 0.717) is 64.0 Å². The summed E-state index contributed by atoms with van der Waals surface area (Å²) in [7, 11) is -3.81. The number of amides is 3. The minimum absolute atomic E-state index is 0.0164. The van der Waals surface area contributed by atoms with Crippen LogP contribution in [0.2, 0.25) is 0 Å². The van der Waals surface area contributed by atoms with Gasteiger partial charge >= 0.3 is 6.03 Å². The molecule has 33 heavy (non-hydrogen) atoms. The molecule has 0 aromatic heterocycles. The molecule has 1 aromatic carbocycles. The lowest BCUT2D eigenvalue weighted by atomic mass is 9.83. The molecular formula is C22H30N4O6S. The van der Waals surface area contributed by atoms with Crippen LogP contribution in [0.25, 0.3) is 0 Å². The van der Waals surface area contributed by atoms with E-state index in [2.05, 4.69) is 5.32 Å². The number of morpholine rings is 1. The number of hydrogen-bond acceptors (Lipinski definition) is 6. The summed E-state index contributed by atoms with van der Waals surface area (Å²) in [5.74, 6) is -0.182. The van der Waals surface area contributed by atoms with Crippen molar-refractivity contribution < 1.29 is 27.5 Å². The molecule has 10 nitrogen and oxygen atoms in total. The van der Waals surface area contributed by atoms with Gasteiger partial charge in [-0.2, -0.15) is 0 Å². The quantitative estimate of drug-likeness (QED) is 0.632. The predicted molar refractivity (Wildman–Crippen MR) is 118 cm³/mol. The number of primary sulfonamides is 1. The lowest BCUT2D eigenvalue weighted by molar-refractivity contribution is -0.139. The Morgan fingerprint density at radius 1 is 1.15 bits per heavy atom. The summed E-state index contributed by atoms with van der Waals surface area (Å²) in [4.78, 5) is 28.6. The van der Waals surface area contributed by atoms with Crippen LogP contribution in [0.5, 0.6) is 0 Å². The summed E-state index contributed by atoms with van der Waals surface area (Å²) in [6.07, 6.45) is 2.79. The van der Waals surface area contributed by atoms with E-state index in [9.17, 15) is 18.0 Å². The van der Waals surface area contributed by atoms with Crippen LogP contribution in [0.15, 0.2) is 29.2 Å². The Kier molecular flexibility index (Phi) is 5.84.